The second-order valence-corrected chi connectivity index (χ2v) is 18.3. The summed E-state index contributed by atoms with van der Waals surface area (Å²) in [5, 5.41) is 18.4. The Balaban J connectivity index is 4.09. The Hall–Kier alpha value is -1.58. The first-order valence-corrected chi connectivity index (χ1v) is 26.6. The van der Waals surface area contributed by atoms with Crippen molar-refractivity contribution < 1.29 is 43.0 Å². The lowest BCUT2D eigenvalue weighted by Crippen LogP contribution is -2.29. The van der Waals surface area contributed by atoms with E-state index in [1.54, 1.807) is 0 Å². The molecule has 9 nitrogen and oxygen atoms in total. The molecule has 0 aliphatic carbocycles. The van der Waals surface area contributed by atoms with Crippen LogP contribution in [0.1, 0.15) is 226 Å². The molecular weight excluding hydrogens is 788 g/mol. The van der Waals surface area contributed by atoms with E-state index >= 15 is 0 Å². The number of aliphatic hydroxyl groups excluding tert-OH is 2. The Bertz CT molecular complexity index is 1090. The highest BCUT2D eigenvalue weighted by Gasteiger charge is 2.26. The van der Waals surface area contributed by atoms with E-state index in [-0.39, 0.29) is 19.6 Å². The summed E-state index contributed by atoms with van der Waals surface area (Å²) in [6, 6.07) is 0. The molecule has 61 heavy (non-hydrogen) atoms. The lowest BCUT2D eigenvalue weighted by atomic mass is 10.1. The van der Waals surface area contributed by atoms with Crippen LogP contribution >= 0.6 is 7.82 Å². The number of hydrogen-bond acceptors (Lipinski definition) is 8. The molecule has 0 aliphatic rings. The van der Waals surface area contributed by atoms with Crippen molar-refractivity contribution in [3.05, 3.63) is 48.6 Å². The van der Waals surface area contributed by atoms with E-state index in [0.717, 1.165) is 77.0 Å². The summed E-state index contributed by atoms with van der Waals surface area (Å²) in [7, 11) is -4.53. The largest absolute Gasteiger partial charge is 0.472 e. The second-order valence-electron chi connectivity index (χ2n) is 16.8. The van der Waals surface area contributed by atoms with Gasteiger partial charge in [-0.25, -0.2) is 4.57 Å². The summed E-state index contributed by atoms with van der Waals surface area (Å²) in [6.45, 7) is 3.50. The van der Waals surface area contributed by atoms with Crippen LogP contribution in [0.5, 0.6) is 0 Å². The molecule has 0 saturated carbocycles. The van der Waals surface area contributed by atoms with Gasteiger partial charge in [-0.05, 0) is 77.0 Å². The molecule has 0 aromatic rings. The van der Waals surface area contributed by atoms with Gasteiger partial charge in [0.25, 0.3) is 0 Å². The zero-order chi connectivity index (χ0) is 44.6. The number of rotatable bonds is 48. The van der Waals surface area contributed by atoms with Crippen molar-refractivity contribution in [2.75, 3.05) is 33.0 Å². The van der Waals surface area contributed by atoms with Crippen molar-refractivity contribution >= 4 is 13.8 Å². The van der Waals surface area contributed by atoms with Crippen LogP contribution in [0, 0.1) is 0 Å². The standard InChI is InChI=1S/C51H95O9P/c1-3-5-7-9-11-13-15-17-19-21-22-23-24-25-26-27-28-30-32-34-36-38-40-42-44-57-47-50(48-59-61(55,56)58-46-49(53)45-52)60-51(54)43-41-39-37-35-33-31-29-20-18-16-14-12-10-8-6-4-2/h15,17,20-22,24-25,29,49-50,52-53H,3-14,16,18-19,23,26-28,30-48H2,1-2H3,(H,55,56)/b17-15-,22-21-,25-24-,29-20-. The number of phosphoric acid groups is 1. The van der Waals surface area contributed by atoms with Crippen LogP contribution in [0.4, 0.5) is 0 Å². The third-order valence-corrected chi connectivity index (χ3v) is 11.7. The van der Waals surface area contributed by atoms with Gasteiger partial charge in [0, 0.05) is 13.0 Å². The Morgan fingerprint density at radius 1 is 0.508 bits per heavy atom. The summed E-state index contributed by atoms with van der Waals surface area (Å²) >= 11 is 0. The van der Waals surface area contributed by atoms with Crippen LogP contribution in [-0.2, 0) is 27.9 Å². The minimum atomic E-state index is -4.53. The number of allylic oxidation sites excluding steroid dienone is 8. The number of carbonyl (C=O) groups excluding carboxylic acids is 1. The SMILES string of the molecule is CCCCCCC/C=C\C/C=C\C/C=C\CCCCCCCCCCCOCC(COP(=O)(O)OCC(O)CO)OC(=O)CCCCCCC/C=C\CCCCCCCCC. The lowest BCUT2D eigenvalue weighted by Gasteiger charge is -2.20. The number of unbranched alkanes of at least 4 members (excludes halogenated alkanes) is 26. The van der Waals surface area contributed by atoms with Gasteiger partial charge in [0.05, 0.1) is 26.4 Å². The molecule has 358 valence electrons. The molecule has 0 heterocycles. The first-order valence-electron chi connectivity index (χ1n) is 25.1. The average Bonchev–Trinajstić information content (AvgIpc) is 3.25. The van der Waals surface area contributed by atoms with Gasteiger partial charge in [-0.2, -0.15) is 0 Å². The van der Waals surface area contributed by atoms with Gasteiger partial charge in [-0.1, -0.05) is 191 Å². The normalized spacial score (nSPS) is 14.2. The highest BCUT2D eigenvalue weighted by molar-refractivity contribution is 7.47. The molecule has 0 saturated heterocycles. The highest BCUT2D eigenvalue weighted by Crippen LogP contribution is 2.43. The zero-order valence-electron chi connectivity index (χ0n) is 39.4. The van der Waals surface area contributed by atoms with Gasteiger partial charge >= 0.3 is 13.8 Å². The molecule has 0 aliphatic heterocycles. The molecule has 0 aromatic heterocycles. The van der Waals surface area contributed by atoms with E-state index in [9.17, 15) is 19.4 Å². The lowest BCUT2D eigenvalue weighted by molar-refractivity contribution is -0.154. The molecule has 0 amide bonds. The van der Waals surface area contributed by atoms with E-state index in [4.69, 9.17) is 23.6 Å². The monoisotopic (exact) mass is 883 g/mol. The molecule has 3 unspecified atom stereocenters. The topological polar surface area (TPSA) is 132 Å². The molecule has 10 heteroatoms. The summed E-state index contributed by atoms with van der Waals surface area (Å²) < 4.78 is 33.5. The van der Waals surface area contributed by atoms with Crippen molar-refractivity contribution in [3.8, 4) is 0 Å². The van der Waals surface area contributed by atoms with Crippen LogP contribution in [0.3, 0.4) is 0 Å². The molecule has 3 N–H and O–H groups in total. The molecule has 0 radical (unpaired) electrons. The van der Waals surface area contributed by atoms with Crippen LogP contribution in [-0.4, -0.2) is 66.3 Å². The van der Waals surface area contributed by atoms with Crippen LogP contribution in [0.15, 0.2) is 48.6 Å². The predicted molar refractivity (Wildman–Crippen MR) is 256 cm³/mol. The van der Waals surface area contributed by atoms with E-state index < -0.39 is 39.2 Å². The molecule has 3 atom stereocenters. The first-order chi connectivity index (χ1) is 29.8. The number of phosphoric ester groups is 1. The fourth-order valence-electron chi connectivity index (χ4n) is 6.89. The third kappa shape index (κ3) is 47.7. The maximum atomic E-state index is 12.7. The Morgan fingerprint density at radius 2 is 0.885 bits per heavy atom. The van der Waals surface area contributed by atoms with E-state index in [0.29, 0.717) is 6.61 Å². The Kier molecular flexibility index (Phi) is 46.6. The second kappa shape index (κ2) is 47.9. The van der Waals surface area contributed by atoms with Gasteiger partial charge in [0.2, 0.25) is 0 Å². The Morgan fingerprint density at radius 3 is 1.34 bits per heavy atom. The van der Waals surface area contributed by atoms with Crippen molar-refractivity contribution in [1.29, 1.82) is 0 Å². The molecule has 0 aromatic carbocycles. The van der Waals surface area contributed by atoms with E-state index in [2.05, 4.69) is 62.5 Å². The summed E-state index contributed by atoms with van der Waals surface area (Å²) in [5.74, 6) is -0.392. The van der Waals surface area contributed by atoms with Gasteiger partial charge in [-0.3, -0.25) is 13.8 Å². The first kappa shape index (κ1) is 59.4. The minimum absolute atomic E-state index is 0.0420. The van der Waals surface area contributed by atoms with Gasteiger partial charge in [0.1, 0.15) is 12.2 Å². The molecule has 0 spiro atoms. The summed E-state index contributed by atoms with van der Waals surface area (Å²) in [4.78, 5) is 22.7. The third-order valence-electron chi connectivity index (χ3n) is 10.7. The predicted octanol–water partition coefficient (Wildman–Crippen LogP) is 14.5. The molecule has 0 rings (SSSR count). The van der Waals surface area contributed by atoms with Crippen molar-refractivity contribution in [2.24, 2.45) is 0 Å². The molecular formula is C51H95O9P. The van der Waals surface area contributed by atoms with Crippen LogP contribution in [0.2, 0.25) is 0 Å². The maximum Gasteiger partial charge on any atom is 0.472 e. The number of ether oxygens (including phenoxy) is 2. The van der Waals surface area contributed by atoms with Crippen molar-refractivity contribution in [3.63, 3.8) is 0 Å². The summed E-state index contributed by atoms with van der Waals surface area (Å²) in [5.41, 5.74) is 0. The smallest absolute Gasteiger partial charge is 0.457 e. The number of esters is 1. The number of hydrogen-bond donors (Lipinski definition) is 3. The van der Waals surface area contributed by atoms with Crippen LogP contribution in [0.25, 0.3) is 0 Å². The van der Waals surface area contributed by atoms with Gasteiger partial charge < -0.3 is 24.6 Å². The van der Waals surface area contributed by atoms with Gasteiger partial charge in [0.15, 0.2) is 0 Å². The van der Waals surface area contributed by atoms with E-state index in [1.165, 1.54) is 128 Å². The molecule has 0 bridgehead atoms. The average molecular weight is 883 g/mol. The van der Waals surface area contributed by atoms with Gasteiger partial charge in [-0.15, -0.1) is 0 Å². The van der Waals surface area contributed by atoms with E-state index in [1.807, 2.05) is 0 Å². The zero-order valence-corrected chi connectivity index (χ0v) is 40.3. The number of aliphatic hydroxyl groups is 2. The maximum absolute atomic E-state index is 12.7. The van der Waals surface area contributed by atoms with Crippen molar-refractivity contribution in [2.45, 2.75) is 238 Å². The summed E-state index contributed by atoms with van der Waals surface area (Å²) in [6.07, 6.45) is 55.0. The quantitative estimate of drug-likeness (QED) is 0.0236. The van der Waals surface area contributed by atoms with Crippen LogP contribution < -0.4 is 0 Å². The fourth-order valence-corrected chi connectivity index (χ4v) is 7.68. The Labute approximate surface area is 375 Å². The number of carbonyl (C=O) groups is 1. The minimum Gasteiger partial charge on any atom is -0.457 e. The fraction of sp³-hybridized carbons (Fsp3) is 0.824. The molecule has 0 fully saturated rings. The highest BCUT2D eigenvalue weighted by atomic mass is 31.2. The van der Waals surface area contributed by atoms with Crippen molar-refractivity contribution in [1.82, 2.24) is 0 Å².